The van der Waals surface area contributed by atoms with Crippen molar-refractivity contribution < 1.29 is 14.3 Å². The first-order valence-corrected chi connectivity index (χ1v) is 11.9. The average Bonchev–Trinajstić information content (AvgIpc) is 2.84. The number of hydrogen-bond donors (Lipinski definition) is 1. The smallest absolute Gasteiger partial charge is 0.262 e. The minimum Gasteiger partial charge on any atom is -0.482 e. The van der Waals surface area contributed by atoms with E-state index in [9.17, 15) is 14.4 Å². The van der Waals surface area contributed by atoms with Gasteiger partial charge in [-0.15, -0.1) is 0 Å². The quantitative estimate of drug-likeness (QED) is 0.294. The van der Waals surface area contributed by atoms with Gasteiger partial charge in [0.15, 0.2) is 17.5 Å². The normalized spacial score (nSPS) is 13.0. The summed E-state index contributed by atoms with van der Waals surface area (Å²) in [6, 6.07) is 12.2. The van der Waals surface area contributed by atoms with Crippen molar-refractivity contribution in [1.82, 2.24) is 14.5 Å². The number of likely N-dealkylation sites (N-methyl/N-ethyl adjacent to an activating group) is 1. The van der Waals surface area contributed by atoms with Gasteiger partial charge in [0.05, 0.1) is 22.3 Å². The highest BCUT2D eigenvalue weighted by Gasteiger charge is 2.19. The Kier molecular flexibility index (Phi) is 7.10. The lowest BCUT2D eigenvalue weighted by molar-refractivity contribution is -0.118. The van der Waals surface area contributed by atoms with Crippen LogP contribution in [0.3, 0.4) is 0 Å². The molecule has 4 rings (SSSR count). The van der Waals surface area contributed by atoms with Crippen molar-refractivity contribution in [2.75, 3.05) is 37.3 Å². The first kappa shape index (κ1) is 23.0. The van der Waals surface area contributed by atoms with Crippen LogP contribution in [0.5, 0.6) is 5.75 Å². The van der Waals surface area contributed by atoms with Crippen LogP contribution in [0, 0.1) is 0 Å². The van der Waals surface area contributed by atoms with E-state index in [1.165, 1.54) is 11.8 Å². The fourth-order valence-electron chi connectivity index (χ4n) is 3.71. The predicted molar refractivity (Wildman–Crippen MR) is 129 cm³/mol. The molecule has 0 bridgehead atoms. The molecule has 9 heteroatoms. The molecule has 0 spiro atoms. The van der Waals surface area contributed by atoms with Crippen LogP contribution in [0.2, 0.25) is 0 Å². The largest absolute Gasteiger partial charge is 0.482 e. The van der Waals surface area contributed by atoms with Gasteiger partial charge in [-0.2, -0.15) is 0 Å². The van der Waals surface area contributed by atoms with Crippen molar-refractivity contribution in [1.29, 1.82) is 0 Å². The molecule has 1 aromatic heterocycles. The number of rotatable bonds is 9. The molecular weight excluding hydrogens is 440 g/mol. The average molecular weight is 467 g/mol. The Morgan fingerprint density at radius 3 is 2.76 bits per heavy atom. The maximum Gasteiger partial charge on any atom is 0.262 e. The van der Waals surface area contributed by atoms with Crippen molar-refractivity contribution in [3.63, 3.8) is 0 Å². The molecule has 1 aliphatic heterocycles. The number of amides is 1. The summed E-state index contributed by atoms with van der Waals surface area (Å²) in [5, 5.41) is 3.81. The van der Waals surface area contributed by atoms with E-state index < -0.39 is 0 Å². The summed E-state index contributed by atoms with van der Waals surface area (Å²) in [5.74, 6) is 0.281. The minimum absolute atomic E-state index is 0.0329. The number of nitrogens with zero attached hydrogens (tertiary/aromatic N) is 3. The van der Waals surface area contributed by atoms with Crippen molar-refractivity contribution in [2.45, 2.75) is 25.5 Å². The number of carbonyl (C=O) groups excluding carboxylic acids is 2. The van der Waals surface area contributed by atoms with Crippen LogP contribution in [0.4, 0.5) is 5.69 Å². The monoisotopic (exact) mass is 466 g/mol. The van der Waals surface area contributed by atoms with Crippen molar-refractivity contribution in [3.8, 4) is 5.75 Å². The zero-order valence-electron chi connectivity index (χ0n) is 18.7. The number of ketones is 1. The number of Topliss-reactive ketones (excluding diaryl/α,β-unsaturated/α-hetero) is 1. The topological polar surface area (TPSA) is 93.5 Å². The van der Waals surface area contributed by atoms with Gasteiger partial charge in [-0.1, -0.05) is 37.7 Å². The summed E-state index contributed by atoms with van der Waals surface area (Å²) in [5.41, 5.74) is 1.47. The van der Waals surface area contributed by atoms with Gasteiger partial charge in [0.1, 0.15) is 5.75 Å². The van der Waals surface area contributed by atoms with E-state index >= 15 is 0 Å². The highest BCUT2D eigenvalue weighted by molar-refractivity contribution is 7.99. The molecule has 1 N–H and O–H groups in total. The molecule has 1 aliphatic rings. The van der Waals surface area contributed by atoms with E-state index in [-0.39, 0.29) is 29.6 Å². The Morgan fingerprint density at radius 2 is 1.97 bits per heavy atom. The maximum absolute atomic E-state index is 13.2. The Hall–Kier alpha value is -3.17. The summed E-state index contributed by atoms with van der Waals surface area (Å²) in [7, 11) is 0. The number of thioether (sulfide) groups is 1. The molecule has 0 radical (unpaired) electrons. The summed E-state index contributed by atoms with van der Waals surface area (Å²) >= 11 is 1.25. The molecule has 172 valence electrons. The molecule has 8 nitrogen and oxygen atoms in total. The number of para-hydroxylation sites is 1. The number of ether oxygens (including phenoxy) is 1. The van der Waals surface area contributed by atoms with Crippen molar-refractivity contribution >= 4 is 40.0 Å². The van der Waals surface area contributed by atoms with E-state index in [0.29, 0.717) is 39.6 Å². The van der Waals surface area contributed by atoms with Crippen LogP contribution in [0.25, 0.3) is 10.9 Å². The second kappa shape index (κ2) is 10.2. The number of fused-ring (bicyclic) bond motifs is 2. The van der Waals surface area contributed by atoms with Crippen LogP contribution < -0.4 is 15.6 Å². The number of carbonyl (C=O) groups is 2. The van der Waals surface area contributed by atoms with Crippen molar-refractivity contribution in [3.05, 3.63) is 58.4 Å². The third-order valence-electron chi connectivity index (χ3n) is 5.63. The molecule has 0 fully saturated rings. The fourth-order valence-corrected chi connectivity index (χ4v) is 4.63. The van der Waals surface area contributed by atoms with E-state index in [1.807, 2.05) is 18.2 Å². The fraction of sp³-hybridized carbons (Fsp3) is 0.333. The molecule has 3 aromatic rings. The first-order valence-electron chi connectivity index (χ1n) is 10.9. The highest BCUT2D eigenvalue weighted by atomic mass is 32.2. The summed E-state index contributed by atoms with van der Waals surface area (Å²) < 4.78 is 7.02. The lowest BCUT2D eigenvalue weighted by Crippen LogP contribution is -2.32. The van der Waals surface area contributed by atoms with E-state index in [2.05, 4.69) is 29.0 Å². The molecule has 0 aliphatic carbocycles. The third-order valence-corrected chi connectivity index (χ3v) is 6.60. The zero-order valence-corrected chi connectivity index (χ0v) is 19.5. The molecule has 0 atom stereocenters. The second-order valence-electron chi connectivity index (χ2n) is 7.65. The van der Waals surface area contributed by atoms with Gasteiger partial charge in [-0.3, -0.25) is 19.0 Å². The van der Waals surface area contributed by atoms with Gasteiger partial charge in [0.25, 0.3) is 11.5 Å². The molecule has 0 unspecified atom stereocenters. The van der Waals surface area contributed by atoms with E-state index in [0.717, 1.165) is 19.6 Å². The molecule has 0 saturated heterocycles. The Labute approximate surface area is 195 Å². The lowest BCUT2D eigenvalue weighted by Gasteiger charge is -2.20. The van der Waals surface area contributed by atoms with E-state index in [1.54, 1.807) is 28.8 Å². The van der Waals surface area contributed by atoms with Gasteiger partial charge >= 0.3 is 0 Å². The van der Waals surface area contributed by atoms with Gasteiger partial charge in [-0.25, -0.2) is 4.98 Å². The number of nitrogens with one attached hydrogen (secondary N) is 1. The summed E-state index contributed by atoms with van der Waals surface area (Å²) in [4.78, 5) is 44.6. The van der Waals surface area contributed by atoms with Gasteiger partial charge in [-0.05, 0) is 43.4 Å². The number of benzene rings is 2. The Balaban J connectivity index is 1.58. The molecule has 2 aromatic carbocycles. The first-order chi connectivity index (χ1) is 16.0. The highest BCUT2D eigenvalue weighted by Crippen LogP contribution is 2.29. The zero-order chi connectivity index (χ0) is 23.4. The van der Waals surface area contributed by atoms with Crippen LogP contribution >= 0.6 is 11.8 Å². The SMILES string of the molecule is CCN(CC)CCn1c(SCC(=O)c2ccc3c(c2)NC(=O)CO3)nc2ccccc2c1=O. The maximum atomic E-state index is 13.2. The Bertz CT molecular complexity index is 1250. The molecule has 0 saturated carbocycles. The Morgan fingerprint density at radius 1 is 1.18 bits per heavy atom. The van der Waals surface area contributed by atoms with Crippen LogP contribution in [-0.4, -0.2) is 58.1 Å². The van der Waals surface area contributed by atoms with Crippen LogP contribution in [-0.2, 0) is 11.3 Å². The predicted octanol–water partition coefficient (Wildman–Crippen LogP) is 3.04. The molecular formula is C24H26N4O4S. The van der Waals surface area contributed by atoms with Crippen molar-refractivity contribution in [2.24, 2.45) is 0 Å². The van der Waals surface area contributed by atoms with Gasteiger partial charge < -0.3 is 15.0 Å². The van der Waals surface area contributed by atoms with Gasteiger partial charge in [0, 0.05) is 18.7 Å². The number of aromatic nitrogens is 2. The standard InChI is InChI=1S/C24H26N4O4S/c1-3-27(4-2)11-12-28-23(31)17-7-5-6-8-18(17)26-24(28)33-15-20(29)16-9-10-21-19(13-16)25-22(30)14-32-21/h5-10,13H,3-4,11-12,14-15H2,1-2H3,(H,25,30). The molecule has 1 amide bonds. The van der Waals surface area contributed by atoms with E-state index in [4.69, 9.17) is 4.74 Å². The molecule has 2 heterocycles. The number of hydrogen-bond acceptors (Lipinski definition) is 7. The molecule has 33 heavy (non-hydrogen) atoms. The lowest BCUT2D eigenvalue weighted by atomic mass is 10.1. The third kappa shape index (κ3) is 5.09. The number of anilines is 1. The van der Waals surface area contributed by atoms with Crippen LogP contribution in [0.15, 0.2) is 52.4 Å². The second-order valence-corrected chi connectivity index (χ2v) is 8.60. The van der Waals surface area contributed by atoms with Gasteiger partial charge in [0.2, 0.25) is 0 Å². The summed E-state index contributed by atoms with van der Waals surface area (Å²) in [6.07, 6.45) is 0. The minimum atomic E-state index is -0.251. The van der Waals surface area contributed by atoms with Crippen LogP contribution in [0.1, 0.15) is 24.2 Å². The summed E-state index contributed by atoms with van der Waals surface area (Å²) in [6.45, 7) is 7.15.